The number of methoxy groups -OCH3 is 1. The first kappa shape index (κ1) is 19.3. The summed E-state index contributed by atoms with van der Waals surface area (Å²) in [6.45, 7) is 6.89. The Balaban J connectivity index is 2.36. The van der Waals surface area contributed by atoms with Crippen molar-refractivity contribution in [2.45, 2.75) is 71.1 Å². The Hall–Kier alpha value is -1.79. The zero-order chi connectivity index (χ0) is 17.6. The van der Waals surface area contributed by atoms with Crippen LogP contribution in [0.5, 0.6) is 0 Å². The van der Waals surface area contributed by atoms with Gasteiger partial charge in [-0.3, -0.25) is 9.59 Å². The molecule has 0 bridgehead atoms. The topological polar surface area (TPSA) is 93.7 Å². The lowest BCUT2D eigenvalue weighted by molar-refractivity contribution is -0.146. The predicted octanol–water partition coefficient (Wildman–Crippen LogP) is 1.75. The molecule has 7 heteroatoms. The molecule has 1 rings (SSSR count). The van der Waals surface area contributed by atoms with Gasteiger partial charge in [0.2, 0.25) is 5.91 Å². The van der Waals surface area contributed by atoms with Crippen molar-refractivity contribution in [2.24, 2.45) is 5.92 Å². The molecule has 2 N–H and O–H groups in total. The number of amides is 2. The van der Waals surface area contributed by atoms with Crippen molar-refractivity contribution in [1.29, 1.82) is 0 Å². The minimum Gasteiger partial charge on any atom is -0.469 e. The van der Waals surface area contributed by atoms with Gasteiger partial charge in [-0.1, -0.05) is 0 Å². The summed E-state index contributed by atoms with van der Waals surface area (Å²) in [5.41, 5.74) is -0.605. The van der Waals surface area contributed by atoms with Crippen LogP contribution in [0.3, 0.4) is 0 Å². The van der Waals surface area contributed by atoms with E-state index in [0.29, 0.717) is 12.8 Å². The maximum Gasteiger partial charge on any atom is 0.408 e. The van der Waals surface area contributed by atoms with Crippen molar-refractivity contribution in [3.05, 3.63) is 0 Å². The predicted molar refractivity (Wildman–Crippen MR) is 84.7 cm³/mol. The fourth-order valence-electron chi connectivity index (χ4n) is 2.52. The van der Waals surface area contributed by atoms with E-state index in [1.54, 1.807) is 27.7 Å². The van der Waals surface area contributed by atoms with E-state index < -0.39 is 17.7 Å². The third kappa shape index (κ3) is 6.88. The van der Waals surface area contributed by atoms with E-state index in [1.807, 2.05) is 0 Å². The van der Waals surface area contributed by atoms with Crippen molar-refractivity contribution in [1.82, 2.24) is 10.6 Å². The minimum absolute atomic E-state index is 0.0197. The first-order valence-corrected chi connectivity index (χ1v) is 8.00. The number of nitrogens with one attached hydrogen (secondary N) is 2. The summed E-state index contributed by atoms with van der Waals surface area (Å²) in [7, 11) is 1.39. The van der Waals surface area contributed by atoms with Crippen LogP contribution < -0.4 is 10.6 Å². The van der Waals surface area contributed by atoms with Crippen LogP contribution in [0.2, 0.25) is 0 Å². The van der Waals surface area contributed by atoms with E-state index in [4.69, 9.17) is 9.47 Å². The molecule has 2 amide bonds. The highest BCUT2D eigenvalue weighted by molar-refractivity contribution is 5.85. The fourth-order valence-corrected chi connectivity index (χ4v) is 2.52. The highest BCUT2D eigenvalue weighted by atomic mass is 16.6. The lowest BCUT2D eigenvalue weighted by Crippen LogP contribution is -2.50. The molecule has 0 saturated heterocycles. The van der Waals surface area contributed by atoms with E-state index in [9.17, 15) is 14.4 Å². The SMILES string of the molecule is COC(=O)C1CCC(NC(=O)[C@H](C)NC(=O)OC(C)(C)C)CC1. The third-order valence-corrected chi connectivity index (χ3v) is 3.73. The van der Waals surface area contributed by atoms with Crippen LogP contribution in [-0.2, 0) is 19.1 Å². The molecule has 1 fully saturated rings. The normalized spacial score (nSPS) is 22.7. The molecule has 132 valence electrons. The zero-order valence-electron chi connectivity index (χ0n) is 14.6. The van der Waals surface area contributed by atoms with Crippen LogP contribution in [0, 0.1) is 5.92 Å². The van der Waals surface area contributed by atoms with Crippen molar-refractivity contribution < 1.29 is 23.9 Å². The van der Waals surface area contributed by atoms with Crippen LogP contribution in [-0.4, -0.2) is 42.8 Å². The molecule has 1 saturated carbocycles. The number of alkyl carbamates (subject to hydrolysis) is 1. The number of ether oxygens (including phenoxy) is 2. The Labute approximate surface area is 137 Å². The van der Waals surface area contributed by atoms with E-state index >= 15 is 0 Å². The van der Waals surface area contributed by atoms with Crippen LogP contribution >= 0.6 is 0 Å². The first-order chi connectivity index (χ1) is 10.6. The van der Waals surface area contributed by atoms with Crippen molar-refractivity contribution in [2.75, 3.05) is 7.11 Å². The van der Waals surface area contributed by atoms with Gasteiger partial charge >= 0.3 is 12.1 Å². The molecule has 0 radical (unpaired) electrons. The van der Waals surface area contributed by atoms with Crippen LogP contribution in [0.25, 0.3) is 0 Å². The highest BCUT2D eigenvalue weighted by Gasteiger charge is 2.29. The summed E-state index contributed by atoms with van der Waals surface area (Å²) in [6, 6.07) is -0.658. The second-order valence-electron chi connectivity index (χ2n) is 6.95. The largest absolute Gasteiger partial charge is 0.469 e. The van der Waals surface area contributed by atoms with Gasteiger partial charge in [-0.25, -0.2) is 4.79 Å². The van der Waals surface area contributed by atoms with E-state index in [1.165, 1.54) is 7.11 Å². The number of hydrogen-bond acceptors (Lipinski definition) is 5. The monoisotopic (exact) mass is 328 g/mol. The van der Waals surface area contributed by atoms with E-state index in [0.717, 1.165) is 12.8 Å². The maximum atomic E-state index is 12.1. The van der Waals surface area contributed by atoms with Gasteiger partial charge in [0, 0.05) is 6.04 Å². The average Bonchev–Trinajstić information content (AvgIpc) is 2.45. The van der Waals surface area contributed by atoms with Crippen molar-refractivity contribution in [3.8, 4) is 0 Å². The summed E-state index contributed by atoms with van der Waals surface area (Å²) in [4.78, 5) is 35.2. The van der Waals surface area contributed by atoms with Gasteiger partial charge in [0.25, 0.3) is 0 Å². The number of carbonyl (C=O) groups excluding carboxylic acids is 3. The molecule has 1 aliphatic carbocycles. The molecule has 7 nitrogen and oxygen atoms in total. The lowest BCUT2D eigenvalue weighted by Gasteiger charge is -2.28. The standard InChI is InChI=1S/C16H28N2O5/c1-10(17-15(21)23-16(2,3)4)13(19)18-12-8-6-11(7-9-12)14(20)22-5/h10-12H,6-9H2,1-5H3,(H,17,21)(H,18,19)/t10-,11?,12?/m0/s1. The summed E-state index contributed by atoms with van der Waals surface area (Å²) in [6.07, 6.45) is 2.24. The number of carbonyl (C=O) groups is 3. The van der Waals surface area contributed by atoms with E-state index in [2.05, 4.69) is 10.6 Å². The van der Waals surface area contributed by atoms with Gasteiger partial charge in [0.05, 0.1) is 13.0 Å². The van der Waals surface area contributed by atoms with Crippen LogP contribution in [0.15, 0.2) is 0 Å². The van der Waals surface area contributed by atoms with Gasteiger partial charge in [-0.2, -0.15) is 0 Å². The average molecular weight is 328 g/mol. The highest BCUT2D eigenvalue weighted by Crippen LogP contribution is 2.25. The second-order valence-corrected chi connectivity index (χ2v) is 6.95. The van der Waals surface area contributed by atoms with Crippen molar-refractivity contribution in [3.63, 3.8) is 0 Å². The third-order valence-electron chi connectivity index (χ3n) is 3.73. The first-order valence-electron chi connectivity index (χ1n) is 8.00. The molecule has 0 aromatic heterocycles. The zero-order valence-corrected chi connectivity index (χ0v) is 14.6. The molecule has 0 unspecified atom stereocenters. The second kappa shape index (κ2) is 8.17. The smallest absolute Gasteiger partial charge is 0.408 e. The van der Waals surface area contributed by atoms with E-state index in [-0.39, 0.29) is 23.8 Å². The lowest BCUT2D eigenvalue weighted by atomic mass is 9.86. The Kier molecular flexibility index (Phi) is 6.84. The van der Waals surface area contributed by atoms with Crippen LogP contribution in [0.4, 0.5) is 4.79 Å². The summed E-state index contributed by atoms with van der Waals surface area (Å²) < 4.78 is 9.86. The molecule has 0 heterocycles. The van der Waals surface area contributed by atoms with Gasteiger partial charge in [-0.05, 0) is 53.4 Å². The minimum atomic E-state index is -0.678. The quantitative estimate of drug-likeness (QED) is 0.767. The Morgan fingerprint density at radius 1 is 1.09 bits per heavy atom. The molecule has 0 spiro atoms. The molecular formula is C16H28N2O5. The maximum absolute atomic E-state index is 12.1. The van der Waals surface area contributed by atoms with Crippen molar-refractivity contribution >= 4 is 18.0 Å². The Morgan fingerprint density at radius 2 is 1.65 bits per heavy atom. The molecular weight excluding hydrogens is 300 g/mol. The summed E-state index contributed by atoms with van der Waals surface area (Å²) in [5, 5.41) is 5.42. The number of rotatable bonds is 4. The molecule has 1 atom stereocenters. The molecule has 1 aliphatic rings. The number of hydrogen-bond donors (Lipinski definition) is 2. The van der Waals surface area contributed by atoms with Gasteiger partial charge in [0.15, 0.2) is 0 Å². The molecule has 0 aromatic carbocycles. The molecule has 23 heavy (non-hydrogen) atoms. The van der Waals surface area contributed by atoms with Crippen LogP contribution in [0.1, 0.15) is 53.4 Å². The van der Waals surface area contributed by atoms with Gasteiger partial charge in [0.1, 0.15) is 11.6 Å². The summed E-state index contributed by atoms with van der Waals surface area (Å²) >= 11 is 0. The Morgan fingerprint density at radius 3 is 2.13 bits per heavy atom. The molecule has 0 aliphatic heterocycles. The molecule has 0 aromatic rings. The van der Waals surface area contributed by atoms with Gasteiger partial charge < -0.3 is 20.1 Å². The number of esters is 1. The summed E-state index contributed by atoms with van der Waals surface area (Å²) in [5.74, 6) is -0.516. The van der Waals surface area contributed by atoms with Gasteiger partial charge in [-0.15, -0.1) is 0 Å². The fraction of sp³-hybridized carbons (Fsp3) is 0.812. The Bertz CT molecular complexity index is 436.